The Bertz CT molecular complexity index is 1610. The fourth-order valence-electron chi connectivity index (χ4n) is 4.43. The van der Waals surface area contributed by atoms with E-state index in [1.165, 1.54) is 0 Å². The van der Waals surface area contributed by atoms with Crippen molar-refractivity contribution in [3.63, 3.8) is 0 Å². The maximum absolute atomic E-state index is 11.4. The third kappa shape index (κ3) is 6.37. The summed E-state index contributed by atoms with van der Waals surface area (Å²) in [7, 11) is 0. The van der Waals surface area contributed by atoms with Crippen LogP contribution in [-0.4, -0.2) is 34.7 Å². The lowest BCUT2D eigenvalue weighted by atomic mass is 10.1. The minimum atomic E-state index is -0.375. The third-order valence-corrected chi connectivity index (χ3v) is 11.8. The molecule has 3 aromatic rings. The molecule has 0 spiro atoms. The van der Waals surface area contributed by atoms with Crippen molar-refractivity contribution < 1.29 is 28.8 Å². The van der Waals surface area contributed by atoms with Gasteiger partial charge < -0.3 is 0 Å². The number of ketones is 6. The van der Waals surface area contributed by atoms with E-state index in [-0.39, 0.29) is 148 Å². The van der Waals surface area contributed by atoms with Gasteiger partial charge in [0.1, 0.15) is 0 Å². The van der Waals surface area contributed by atoms with Crippen molar-refractivity contribution in [3.05, 3.63) is 93.7 Å². The zero-order valence-electron chi connectivity index (χ0n) is 21.1. The highest BCUT2D eigenvalue weighted by molar-refractivity contribution is 6.57. The Hall–Kier alpha value is -0.840. The first-order chi connectivity index (χ1) is 20.8. The van der Waals surface area contributed by atoms with Crippen LogP contribution in [0.25, 0.3) is 0 Å². The van der Waals surface area contributed by atoms with Crippen LogP contribution in [0.5, 0.6) is 0 Å². The zero-order chi connectivity index (χ0) is 34.0. The van der Waals surface area contributed by atoms with Gasteiger partial charge in [0.2, 0.25) is 0 Å². The summed E-state index contributed by atoms with van der Waals surface area (Å²) in [5, 5.41) is 0.0114. The van der Waals surface area contributed by atoms with Crippen molar-refractivity contribution in [2.45, 2.75) is 19.3 Å². The van der Waals surface area contributed by atoms with Gasteiger partial charge in [-0.15, -0.1) is 0 Å². The summed E-state index contributed by atoms with van der Waals surface area (Å²) in [6.07, 6.45) is -0.692. The SMILES string of the molecule is O=C1CC(=O)c2c(Cl)c(Cl)c(Cl)c(Cl)c21.O=C1CC(=O)c2c(Cl)c(Cl)c(Cl)c(Cl)c21.O=C1CC(=O)c2c(Cl)c(Cl)c(Cl)c(Cl)c21. The molecule has 6 rings (SSSR count). The minimum absolute atomic E-state index is 0.00285. The molecule has 0 aliphatic heterocycles. The van der Waals surface area contributed by atoms with E-state index >= 15 is 0 Å². The molecular weight excluding hydrogens is 846 g/mol. The quantitative estimate of drug-likeness (QED) is 0.127. The number of hydrogen-bond acceptors (Lipinski definition) is 6. The molecule has 0 radical (unpaired) electrons. The van der Waals surface area contributed by atoms with Crippen molar-refractivity contribution in [2.75, 3.05) is 0 Å². The lowest BCUT2D eigenvalue weighted by Crippen LogP contribution is -1.95. The monoisotopic (exact) mass is 846 g/mol. The van der Waals surface area contributed by atoms with Crippen molar-refractivity contribution >= 4 is 174 Å². The average molecular weight is 852 g/mol. The van der Waals surface area contributed by atoms with Gasteiger partial charge in [-0.2, -0.15) is 0 Å². The molecule has 0 heterocycles. The van der Waals surface area contributed by atoms with E-state index in [0.717, 1.165) is 0 Å². The third-order valence-electron chi connectivity index (χ3n) is 6.44. The van der Waals surface area contributed by atoms with Crippen LogP contribution in [0, 0.1) is 0 Å². The first-order valence-electron chi connectivity index (χ1n) is 11.6. The molecule has 3 aromatic carbocycles. The molecule has 0 saturated carbocycles. The highest BCUT2D eigenvalue weighted by Crippen LogP contribution is 2.47. The summed E-state index contributed by atoms with van der Waals surface area (Å²) in [5.41, 5.74) is 0.506. The standard InChI is InChI=1S/3C9H2Cl4O2/c3*10-6-4-2(14)1-3(15)5(4)7(11)9(13)8(6)12/h3*1H2. The summed E-state index contributed by atoms with van der Waals surface area (Å²) in [5.74, 6) is -2.25. The van der Waals surface area contributed by atoms with Gasteiger partial charge in [0, 0.05) is 0 Å². The number of carbonyl (C=O) groups is 6. The van der Waals surface area contributed by atoms with E-state index in [1.807, 2.05) is 0 Å². The van der Waals surface area contributed by atoms with Gasteiger partial charge in [0.05, 0.1) is 113 Å². The summed E-state index contributed by atoms with van der Waals surface area (Å²) >= 11 is 69.6. The molecular formula is C27H6Cl12O6. The van der Waals surface area contributed by atoms with Crippen molar-refractivity contribution in [2.24, 2.45) is 0 Å². The number of halogens is 12. The Morgan fingerprint density at radius 1 is 0.222 bits per heavy atom. The zero-order valence-corrected chi connectivity index (χ0v) is 30.2. The van der Waals surface area contributed by atoms with Crippen LogP contribution in [0.2, 0.25) is 60.3 Å². The lowest BCUT2D eigenvalue weighted by molar-refractivity contribution is 0.0906. The number of benzene rings is 3. The number of fused-ring (bicyclic) bond motifs is 3. The van der Waals surface area contributed by atoms with E-state index in [9.17, 15) is 28.8 Å². The highest BCUT2D eigenvalue weighted by Gasteiger charge is 2.37. The minimum Gasteiger partial charge on any atom is -0.294 e. The Morgan fingerprint density at radius 3 is 0.444 bits per heavy atom. The highest BCUT2D eigenvalue weighted by atomic mass is 35.5. The second kappa shape index (κ2) is 13.9. The predicted molar refractivity (Wildman–Crippen MR) is 179 cm³/mol. The van der Waals surface area contributed by atoms with Crippen LogP contribution in [0.4, 0.5) is 0 Å². The summed E-state index contributed by atoms with van der Waals surface area (Å²) < 4.78 is 0. The molecule has 234 valence electrons. The predicted octanol–water partition coefficient (Wildman–Crippen LogP) is 12.2. The average Bonchev–Trinajstić information content (AvgIpc) is 3.58. The molecule has 0 N–H and O–H groups in total. The summed E-state index contributed by atoms with van der Waals surface area (Å²) in [4.78, 5) is 68.7. The smallest absolute Gasteiger partial charge is 0.172 e. The molecule has 45 heavy (non-hydrogen) atoms. The van der Waals surface area contributed by atoms with E-state index in [1.54, 1.807) is 0 Å². The Labute approximate surface area is 312 Å². The lowest BCUT2D eigenvalue weighted by Gasteiger charge is -2.07. The Morgan fingerprint density at radius 2 is 0.333 bits per heavy atom. The van der Waals surface area contributed by atoms with Crippen molar-refractivity contribution in [1.29, 1.82) is 0 Å². The van der Waals surface area contributed by atoms with Crippen LogP contribution in [0.15, 0.2) is 0 Å². The summed E-state index contributed by atoms with van der Waals surface area (Å²) in [6.45, 7) is 0. The van der Waals surface area contributed by atoms with Crippen molar-refractivity contribution in [3.8, 4) is 0 Å². The van der Waals surface area contributed by atoms with Gasteiger partial charge in [-0.25, -0.2) is 0 Å². The van der Waals surface area contributed by atoms with Gasteiger partial charge in [-0.05, 0) is 0 Å². The fraction of sp³-hybridized carbons (Fsp3) is 0.111. The molecule has 0 atom stereocenters. The Balaban J connectivity index is 0.000000154. The molecule has 18 heteroatoms. The van der Waals surface area contributed by atoms with Gasteiger partial charge >= 0.3 is 0 Å². The second-order valence-corrected chi connectivity index (χ2v) is 13.6. The van der Waals surface area contributed by atoms with Crippen LogP contribution in [-0.2, 0) is 0 Å². The van der Waals surface area contributed by atoms with E-state index < -0.39 is 0 Å². The Kier molecular flexibility index (Phi) is 11.5. The van der Waals surface area contributed by atoms with E-state index in [4.69, 9.17) is 139 Å². The van der Waals surface area contributed by atoms with Crippen LogP contribution in [0.3, 0.4) is 0 Å². The molecule has 3 aliphatic rings. The molecule has 3 aliphatic carbocycles. The van der Waals surface area contributed by atoms with E-state index in [0.29, 0.717) is 0 Å². The van der Waals surface area contributed by atoms with E-state index in [2.05, 4.69) is 0 Å². The normalized spacial score (nSPS) is 14.7. The molecule has 0 unspecified atom stereocenters. The molecule has 0 aromatic heterocycles. The van der Waals surface area contributed by atoms with Crippen LogP contribution < -0.4 is 0 Å². The molecule has 0 saturated heterocycles. The van der Waals surface area contributed by atoms with Gasteiger partial charge in [0.15, 0.2) is 34.7 Å². The first-order valence-corrected chi connectivity index (χ1v) is 16.1. The van der Waals surface area contributed by atoms with Gasteiger partial charge in [-0.1, -0.05) is 139 Å². The fourth-order valence-corrected chi connectivity index (χ4v) is 7.62. The largest absolute Gasteiger partial charge is 0.294 e. The number of carbonyl (C=O) groups excluding carboxylic acids is 6. The maximum Gasteiger partial charge on any atom is 0.172 e. The first kappa shape index (κ1) is 37.0. The second-order valence-electron chi connectivity index (χ2n) is 9.09. The molecule has 0 bridgehead atoms. The molecule has 0 amide bonds. The topological polar surface area (TPSA) is 102 Å². The molecule has 0 fully saturated rings. The number of Topliss-reactive ketones (excluding diaryl/α,β-unsaturated/α-hetero) is 6. The van der Waals surface area contributed by atoms with Crippen molar-refractivity contribution in [1.82, 2.24) is 0 Å². The molecule has 6 nitrogen and oxygen atoms in total. The number of hydrogen-bond donors (Lipinski definition) is 0. The van der Waals surface area contributed by atoms with Crippen LogP contribution >= 0.6 is 139 Å². The summed E-state index contributed by atoms with van der Waals surface area (Å²) in [6, 6.07) is 0. The van der Waals surface area contributed by atoms with Gasteiger partial charge in [-0.3, -0.25) is 28.8 Å². The van der Waals surface area contributed by atoms with Gasteiger partial charge in [0.25, 0.3) is 0 Å². The van der Waals surface area contributed by atoms with Crippen LogP contribution in [0.1, 0.15) is 81.4 Å². The number of rotatable bonds is 0. The maximum atomic E-state index is 11.4.